The summed E-state index contributed by atoms with van der Waals surface area (Å²) in [6.45, 7) is 12.6. The van der Waals surface area contributed by atoms with E-state index in [1.807, 2.05) is 24.6 Å². The van der Waals surface area contributed by atoms with Crippen LogP contribution in [0.25, 0.3) is 0 Å². The minimum absolute atomic E-state index is 0. The van der Waals surface area contributed by atoms with Gasteiger partial charge in [0, 0.05) is 12.4 Å². The molecule has 1 heterocycles. The summed E-state index contributed by atoms with van der Waals surface area (Å²) in [4.78, 5) is 13.9. The third-order valence-electron chi connectivity index (χ3n) is 4.61. The van der Waals surface area contributed by atoms with Gasteiger partial charge in [-0.2, -0.15) is 0 Å². The van der Waals surface area contributed by atoms with Crippen molar-refractivity contribution in [3.05, 3.63) is 88.6 Å². The van der Waals surface area contributed by atoms with E-state index >= 15 is 0 Å². The molecule has 0 fully saturated rings. The molecule has 2 aromatic carbocycles. The van der Waals surface area contributed by atoms with Gasteiger partial charge in [-0.1, -0.05) is 47.5 Å². The molecule has 0 radical (unpaired) electrons. The van der Waals surface area contributed by atoms with Crippen LogP contribution >= 0.6 is 0 Å². The van der Waals surface area contributed by atoms with Crippen molar-refractivity contribution in [2.75, 3.05) is 0 Å². The third-order valence-corrected chi connectivity index (χ3v) is 4.61. The average molecular weight is 427 g/mol. The number of hydrogen-bond acceptors (Lipinski definition) is 2. The number of hydrogen-bond donors (Lipinski definition) is 0. The predicted molar refractivity (Wildman–Crippen MR) is 122 cm³/mol. The Labute approximate surface area is 185 Å². The van der Waals surface area contributed by atoms with E-state index in [9.17, 15) is 0 Å². The molecule has 0 N–H and O–H groups in total. The van der Waals surface area contributed by atoms with E-state index < -0.39 is 0 Å². The van der Waals surface area contributed by atoms with Crippen molar-refractivity contribution in [1.29, 1.82) is 0 Å². The van der Waals surface area contributed by atoms with Crippen LogP contribution in [0.5, 0.6) is 0 Å². The van der Waals surface area contributed by atoms with E-state index in [4.69, 9.17) is 0 Å². The van der Waals surface area contributed by atoms with E-state index in [1.54, 1.807) is 0 Å². The second-order valence-corrected chi connectivity index (χ2v) is 7.31. The Kier molecular flexibility index (Phi) is 8.81. The molecule has 0 aliphatic carbocycles. The molecule has 1 aromatic heterocycles. The molecule has 3 nitrogen and oxygen atoms in total. The monoisotopic (exact) mass is 427 g/mol. The maximum atomic E-state index is 4.65. The number of nitrogens with zero attached hydrogens (tertiary/aromatic N) is 3. The second kappa shape index (κ2) is 10.4. The Balaban J connectivity index is 0.00000210. The number of rotatable bonds is 4. The third kappa shape index (κ3) is 6.03. The van der Waals surface area contributed by atoms with Gasteiger partial charge >= 0.3 is 17.1 Å². The van der Waals surface area contributed by atoms with Gasteiger partial charge in [0.25, 0.3) is 0 Å². The first-order valence-corrected chi connectivity index (χ1v) is 9.21. The van der Waals surface area contributed by atoms with E-state index in [2.05, 4.69) is 80.8 Å². The van der Waals surface area contributed by atoms with Gasteiger partial charge < -0.3 is 12.4 Å². The molecule has 0 unspecified atom stereocenters. The molecule has 0 saturated heterocycles. The van der Waals surface area contributed by atoms with Crippen molar-refractivity contribution in [3.8, 4) is 0 Å². The van der Waals surface area contributed by atoms with Crippen molar-refractivity contribution < 1.29 is 17.1 Å². The molecule has 152 valence electrons. The smallest absolute Gasteiger partial charge is 0.655 e. The molecule has 0 aliphatic rings. The number of aryl methyl sites for hydroxylation is 6. The molecule has 0 aliphatic heterocycles. The quantitative estimate of drug-likeness (QED) is 0.268. The standard InChI is InChI=1S/C24H26N3.CH3.Fe/c1-15-9-17(3)23(18(4)10-15)25-13-21-7-8-22(27-21)14-26-24-19(5)11-16(2)12-20(24)6;;/h7-14H,1-6H3;1H3;/q2*-1;+2. The summed E-state index contributed by atoms with van der Waals surface area (Å²) in [5.41, 5.74) is 11.0. The maximum Gasteiger partial charge on any atom is 2.00 e. The minimum Gasteiger partial charge on any atom is -0.655 e. The first-order chi connectivity index (χ1) is 12.8. The van der Waals surface area contributed by atoms with Gasteiger partial charge in [0.1, 0.15) is 0 Å². The van der Waals surface area contributed by atoms with E-state index in [1.165, 1.54) is 33.4 Å². The van der Waals surface area contributed by atoms with Crippen molar-refractivity contribution in [2.45, 2.75) is 41.5 Å². The van der Waals surface area contributed by atoms with Gasteiger partial charge in [-0.05, 0) is 63.8 Å². The fourth-order valence-electron chi connectivity index (χ4n) is 3.55. The zero-order chi connectivity index (χ0) is 19.6. The molecule has 3 aromatic rings. The van der Waals surface area contributed by atoms with Gasteiger partial charge in [0.15, 0.2) is 0 Å². The van der Waals surface area contributed by atoms with Gasteiger partial charge in [0.05, 0.1) is 11.4 Å². The number of aliphatic imine (C=N–C) groups is 2. The van der Waals surface area contributed by atoms with Crippen LogP contribution in [0.15, 0.2) is 46.4 Å². The normalized spacial score (nSPS) is 11.0. The summed E-state index contributed by atoms with van der Waals surface area (Å²) in [6.07, 6.45) is 3.65. The van der Waals surface area contributed by atoms with Gasteiger partial charge in [-0.3, -0.25) is 9.98 Å². The van der Waals surface area contributed by atoms with Crippen LogP contribution in [0.4, 0.5) is 11.4 Å². The zero-order valence-electron chi connectivity index (χ0n) is 18.3. The maximum absolute atomic E-state index is 4.65. The summed E-state index contributed by atoms with van der Waals surface area (Å²) in [5, 5.41) is 0. The fraction of sp³-hybridized carbons (Fsp3) is 0.240. The summed E-state index contributed by atoms with van der Waals surface area (Å²) in [5.74, 6) is 0. The molecule has 4 heteroatoms. The topological polar surface area (TPSA) is 38.8 Å². The summed E-state index contributed by atoms with van der Waals surface area (Å²) >= 11 is 0. The second-order valence-electron chi connectivity index (χ2n) is 7.31. The van der Waals surface area contributed by atoms with E-state index in [0.717, 1.165) is 22.8 Å². The Bertz CT molecular complexity index is 914. The van der Waals surface area contributed by atoms with Gasteiger partial charge in [0.2, 0.25) is 0 Å². The van der Waals surface area contributed by atoms with Crippen LogP contribution in [0.1, 0.15) is 44.8 Å². The molecule has 0 bridgehead atoms. The van der Waals surface area contributed by atoms with E-state index in [-0.39, 0.29) is 24.5 Å². The molecule has 0 amide bonds. The molecule has 29 heavy (non-hydrogen) atoms. The molecular weight excluding hydrogens is 398 g/mol. The van der Waals surface area contributed by atoms with Crippen LogP contribution in [0.2, 0.25) is 0 Å². The van der Waals surface area contributed by atoms with Crippen molar-refractivity contribution in [3.63, 3.8) is 0 Å². The Morgan fingerprint density at radius 2 is 0.931 bits per heavy atom. The Morgan fingerprint density at radius 3 is 1.24 bits per heavy atom. The molecule has 0 saturated carbocycles. The largest absolute Gasteiger partial charge is 2.00 e. The first kappa shape index (κ1) is 24.6. The van der Waals surface area contributed by atoms with E-state index in [0.29, 0.717) is 0 Å². The summed E-state index contributed by atoms with van der Waals surface area (Å²) in [7, 11) is 0. The van der Waals surface area contributed by atoms with Gasteiger partial charge in [-0.25, -0.2) is 0 Å². The predicted octanol–water partition coefficient (Wildman–Crippen LogP) is 6.44. The van der Waals surface area contributed by atoms with Crippen molar-refractivity contribution >= 4 is 23.8 Å². The van der Waals surface area contributed by atoms with Crippen LogP contribution in [-0.4, -0.2) is 12.4 Å². The molecular formula is C25H29FeN3. The fourth-order valence-corrected chi connectivity index (χ4v) is 3.55. The van der Waals surface area contributed by atoms with Crippen LogP contribution in [0.3, 0.4) is 0 Å². The van der Waals surface area contributed by atoms with Gasteiger partial charge in [-0.15, -0.1) is 11.4 Å². The van der Waals surface area contributed by atoms with Crippen LogP contribution in [-0.2, 0) is 17.1 Å². The van der Waals surface area contributed by atoms with Crippen molar-refractivity contribution in [1.82, 2.24) is 4.98 Å². The Morgan fingerprint density at radius 1 is 0.621 bits per heavy atom. The zero-order valence-corrected chi connectivity index (χ0v) is 19.4. The minimum atomic E-state index is 0. The first-order valence-electron chi connectivity index (χ1n) is 9.21. The summed E-state index contributed by atoms with van der Waals surface area (Å²) < 4.78 is 0. The summed E-state index contributed by atoms with van der Waals surface area (Å²) in [6, 6.07) is 12.6. The van der Waals surface area contributed by atoms with Crippen molar-refractivity contribution in [2.24, 2.45) is 9.98 Å². The number of aromatic nitrogens is 1. The SMILES string of the molecule is Cc1cc(C)c(N=Cc2ccc(C=Nc3c(C)cc(C)cc3C)[n-]2)c(C)c1.[CH3-].[Fe+2]. The number of benzene rings is 2. The van der Waals surface area contributed by atoms with Crippen LogP contribution in [0, 0.1) is 49.0 Å². The molecule has 0 spiro atoms. The molecule has 3 rings (SSSR count). The van der Waals surface area contributed by atoms with Crippen LogP contribution < -0.4 is 4.98 Å². The average Bonchev–Trinajstić information content (AvgIpc) is 3.00. The molecule has 0 atom stereocenters. The Hall–Kier alpha value is -2.42.